The molecule has 9 heteroatoms. The number of phosphoric acid groups is 1. The molecular weight excluding hydrogens is 262 g/mol. The fourth-order valence-electron chi connectivity index (χ4n) is 1.51. The molecule has 0 saturated heterocycles. The lowest BCUT2D eigenvalue weighted by Crippen LogP contribution is -2.07. The summed E-state index contributed by atoms with van der Waals surface area (Å²) >= 11 is 0.646. The van der Waals surface area contributed by atoms with Crippen molar-refractivity contribution in [3.05, 3.63) is 0 Å². The molecule has 0 aromatic heterocycles. The van der Waals surface area contributed by atoms with E-state index in [9.17, 15) is 14.0 Å². The van der Waals surface area contributed by atoms with Gasteiger partial charge in [0.1, 0.15) is 0 Å². The lowest BCUT2D eigenvalue weighted by Gasteiger charge is -2.22. The van der Waals surface area contributed by atoms with Crippen molar-refractivity contribution in [3.8, 4) is 0 Å². The van der Waals surface area contributed by atoms with Crippen LogP contribution in [0.25, 0.3) is 0 Å². The van der Waals surface area contributed by atoms with Crippen LogP contribution in [0.2, 0.25) is 0 Å². The topological polar surface area (TPSA) is 104 Å². The summed E-state index contributed by atoms with van der Waals surface area (Å²) in [6.07, 6.45) is 4.65. The van der Waals surface area contributed by atoms with Gasteiger partial charge in [-0.05, 0) is 24.2 Å². The van der Waals surface area contributed by atoms with Crippen LogP contribution in [-0.2, 0) is 13.4 Å². The van der Waals surface area contributed by atoms with Crippen molar-refractivity contribution in [1.82, 2.24) is 0 Å². The zero-order valence-corrected chi connectivity index (χ0v) is 10.6. The zero-order valence-electron chi connectivity index (χ0n) is 7.98. The van der Waals surface area contributed by atoms with Crippen LogP contribution < -0.4 is 0 Å². The third-order valence-electron chi connectivity index (χ3n) is 2.04. The summed E-state index contributed by atoms with van der Waals surface area (Å²) in [4.78, 5) is 26.1. The molecule has 1 atom stereocenters. The van der Waals surface area contributed by atoms with E-state index in [-0.39, 0.29) is 5.25 Å². The predicted octanol–water partition coefficient (Wildman–Crippen LogP) is 2.26. The van der Waals surface area contributed by atoms with Crippen molar-refractivity contribution in [2.24, 2.45) is 0 Å². The summed E-state index contributed by atoms with van der Waals surface area (Å²) in [5, 5.41) is -0.0406. The largest absolute Gasteiger partial charge is 0.477 e. The van der Waals surface area contributed by atoms with Crippen LogP contribution in [0.3, 0.4) is 0 Å². The lowest BCUT2D eigenvalue weighted by atomic mass is 10.0. The molecular formula is C6H14O6P2S. The molecule has 0 aliphatic heterocycles. The van der Waals surface area contributed by atoms with E-state index in [0.29, 0.717) is 11.4 Å². The van der Waals surface area contributed by atoms with Crippen LogP contribution >= 0.6 is 26.0 Å². The summed E-state index contributed by atoms with van der Waals surface area (Å²) in [5.74, 6) is 0. The fraction of sp³-hybridized carbons (Fsp3) is 1.00. The van der Waals surface area contributed by atoms with Crippen molar-refractivity contribution in [2.45, 2.75) is 37.4 Å². The molecule has 0 aromatic rings. The molecule has 6 nitrogen and oxygen atoms in total. The van der Waals surface area contributed by atoms with E-state index < -0.39 is 14.6 Å². The second-order valence-electron chi connectivity index (χ2n) is 3.41. The van der Waals surface area contributed by atoms with Gasteiger partial charge in [0.05, 0.1) is 0 Å². The quantitative estimate of drug-likeness (QED) is 0.676. The van der Waals surface area contributed by atoms with Crippen molar-refractivity contribution in [1.29, 1.82) is 0 Å². The monoisotopic (exact) mass is 276 g/mol. The maximum absolute atomic E-state index is 11.3. The van der Waals surface area contributed by atoms with Crippen molar-refractivity contribution >= 4 is 26.0 Å². The van der Waals surface area contributed by atoms with Crippen LogP contribution in [0, 0.1) is 0 Å². The first-order chi connectivity index (χ1) is 6.79. The average molecular weight is 276 g/mol. The third-order valence-corrected chi connectivity index (χ3v) is 7.05. The Labute approximate surface area is 91.9 Å². The SMILES string of the molecule is O=P(O)(O)OP(=O)(O)SC1CCCCC1. The van der Waals surface area contributed by atoms with E-state index in [1.807, 2.05) is 0 Å². The summed E-state index contributed by atoms with van der Waals surface area (Å²) in [7, 11) is -4.89. The van der Waals surface area contributed by atoms with Gasteiger partial charge in [0.25, 0.3) is 0 Å². The second kappa shape index (κ2) is 5.32. The standard InChI is InChI=1S/C6H14O6P2S/c7-13(8,9)12-14(10,11)15-6-4-2-1-3-5-6/h6H,1-5H2,(H,10,11)(H2,7,8,9). The summed E-state index contributed by atoms with van der Waals surface area (Å²) in [5.41, 5.74) is 0. The van der Waals surface area contributed by atoms with E-state index in [1.54, 1.807) is 0 Å². The molecule has 1 saturated carbocycles. The molecule has 1 fully saturated rings. The minimum absolute atomic E-state index is 0.0406. The molecule has 1 rings (SSSR count). The van der Waals surface area contributed by atoms with E-state index in [1.165, 1.54) is 0 Å². The van der Waals surface area contributed by atoms with Gasteiger partial charge in [-0.1, -0.05) is 19.3 Å². The molecule has 1 aliphatic rings. The minimum atomic E-state index is -4.89. The highest BCUT2D eigenvalue weighted by molar-refractivity contribution is 8.55. The molecule has 15 heavy (non-hydrogen) atoms. The summed E-state index contributed by atoms with van der Waals surface area (Å²) in [6.45, 7) is -4.23. The van der Waals surface area contributed by atoms with Gasteiger partial charge >= 0.3 is 14.6 Å². The highest BCUT2D eigenvalue weighted by Gasteiger charge is 2.34. The highest BCUT2D eigenvalue weighted by atomic mass is 32.7. The smallest absolute Gasteiger partial charge is 0.316 e. The Hall–Kier alpha value is 0.650. The first-order valence-corrected chi connectivity index (χ1v) is 9.16. The molecule has 0 aromatic carbocycles. The molecule has 1 aliphatic carbocycles. The number of hydrogen-bond donors (Lipinski definition) is 3. The van der Waals surface area contributed by atoms with Gasteiger partial charge in [-0.25, -0.2) is 9.13 Å². The third kappa shape index (κ3) is 6.07. The Balaban J connectivity index is 2.47. The molecule has 3 N–H and O–H groups in total. The molecule has 0 spiro atoms. The van der Waals surface area contributed by atoms with Crippen molar-refractivity contribution in [3.63, 3.8) is 0 Å². The summed E-state index contributed by atoms with van der Waals surface area (Å²) < 4.78 is 25.6. The summed E-state index contributed by atoms with van der Waals surface area (Å²) in [6, 6.07) is 0. The van der Waals surface area contributed by atoms with Gasteiger partial charge in [-0.3, -0.25) is 0 Å². The van der Waals surface area contributed by atoms with Gasteiger partial charge in [0.2, 0.25) is 0 Å². The van der Waals surface area contributed by atoms with E-state index in [2.05, 4.69) is 4.31 Å². The van der Waals surface area contributed by atoms with Gasteiger partial charge in [0, 0.05) is 5.25 Å². The average Bonchev–Trinajstić information content (AvgIpc) is 1.99. The molecule has 90 valence electrons. The van der Waals surface area contributed by atoms with Gasteiger partial charge in [-0.2, -0.15) is 4.31 Å². The van der Waals surface area contributed by atoms with Crippen molar-refractivity contribution in [2.75, 3.05) is 0 Å². The molecule has 0 radical (unpaired) electrons. The van der Waals surface area contributed by atoms with Crippen molar-refractivity contribution < 1.29 is 28.1 Å². The van der Waals surface area contributed by atoms with E-state index >= 15 is 0 Å². The Morgan fingerprint density at radius 1 is 1.07 bits per heavy atom. The van der Waals surface area contributed by atoms with E-state index in [4.69, 9.17) is 9.79 Å². The first kappa shape index (κ1) is 13.7. The Kier molecular flexibility index (Phi) is 4.86. The predicted molar refractivity (Wildman–Crippen MR) is 57.4 cm³/mol. The van der Waals surface area contributed by atoms with Crippen LogP contribution in [-0.4, -0.2) is 19.9 Å². The molecule has 0 heterocycles. The number of rotatable bonds is 4. The molecule has 1 unspecified atom stereocenters. The number of hydrogen-bond acceptors (Lipinski definition) is 4. The Morgan fingerprint density at radius 2 is 1.60 bits per heavy atom. The van der Waals surface area contributed by atoms with Gasteiger partial charge in [-0.15, -0.1) is 0 Å². The fourth-order valence-corrected chi connectivity index (χ4v) is 6.55. The van der Waals surface area contributed by atoms with E-state index in [0.717, 1.165) is 32.1 Å². The molecule has 0 amide bonds. The first-order valence-electron chi connectivity index (χ1n) is 4.57. The Morgan fingerprint density at radius 3 is 2.07 bits per heavy atom. The Bertz CT molecular complexity index is 296. The highest BCUT2D eigenvalue weighted by Crippen LogP contribution is 2.67. The molecule has 0 bridgehead atoms. The van der Waals surface area contributed by atoms with Gasteiger partial charge < -0.3 is 14.7 Å². The van der Waals surface area contributed by atoms with Crippen LogP contribution in [0.4, 0.5) is 0 Å². The normalized spacial score (nSPS) is 23.7. The van der Waals surface area contributed by atoms with Crippen LogP contribution in [0.5, 0.6) is 0 Å². The maximum atomic E-state index is 11.3. The minimum Gasteiger partial charge on any atom is -0.316 e. The van der Waals surface area contributed by atoms with Crippen LogP contribution in [0.1, 0.15) is 32.1 Å². The van der Waals surface area contributed by atoms with Crippen LogP contribution in [0.15, 0.2) is 0 Å². The maximum Gasteiger partial charge on any atom is 0.477 e. The zero-order chi connectivity index (χ0) is 11.5. The van der Waals surface area contributed by atoms with Gasteiger partial charge in [0.15, 0.2) is 0 Å². The lowest BCUT2D eigenvalue weighted by molar-refractivity contribution is 0.270. The second-order valence-corrected chi connectivity index (χ2v) is 8.87.